The van der Waals surface area contributed by atoms with Gasteiger partial charge in [-0.3, -0.25) is 9.59 Å². The molecule has 2 rings (SSSR count). The first-order chi connectivity index (χ1) is 9.25. The maximum atomic E-state index is 11.8. The van der Waals surface area contributed by atoms with Gasteiger partial charge in [-0.05, 0) is 18.2 Å². The maximum absolute atomic E-state index is 11.8. The summed E-state index contributed by atoms with van der Waals surface area (Å²) in [7, 11) is 0. The van der Waals surface area contributed by atoms with Gasteiger partial charge in [-0.15, -0.1) is 0 Å². The minimum Gasteiger partial charge on any atom is -0.465 e. The van der Waals surface area contributed by atoms with Gasteiger partial charge in [0.05, 0.1) is 12.8 Å². The van der Waals surface area contributed by atoms with Gasteiger partial charge in [0.2, 0.25) is 11.8 Å². The Balaban J connectivity index is 1.72. The number of hydrogen-bond acceptors (Lipinski definition) is 4. The summed E-state index contributed by atoms with van der Waals surface area (Å²) in [5, 5.41) is 5.73. The smallest absolute Gasteiger partial charge is 0.244 e. The molecule has 0 spiro atoms. The van der Waals surface area contributed by atoms with Crippen molar-refractivity contribution in [3.63, 3.8) is 0 Å². The van der Waals surface area contributed by atoms with E-state index in [9.17, 15) is 9.59 Å². The molecule has 1 aromatic rings. The minimum absolute atomic E-state index is 0.0291. The number of amides is 2. The van der Waals surface area contributed by atoms with Crippen molar-refractivity contribution in [3.8, 4) is 0 Å². The normalized spacial score (nSPS) is 15.7. The number of carbonyl (C=O) groups is 2. The van der Waals surface area contributed by atoms with Crippen molar-refractivity contribution in [3.05, 3.63) is 30.2 Å². The van der Waals surface area contributed by atoms with Crippen LogP contribution in [0, 0.1) is 0 Å². The monoisotopic (exact) mass is 263 g/mol. The first kappa shape index (κ1) is 13.4. The lowest BCUT2D eigenvalue weighted by Gasteiger charge is -2.27. The van der Waals surface area contributed by atoms with Crippen LogP contribution in [-0.4, -0.2) is 49.4 Å². The van der Waals surface area contributed by atoms with E-state index in [1.165, 1.54) is 12.3 Å². The van der Waals surface area contributed by atoms with E-state index >= 15 is 0 Å². The summed E-state index contributed by atoms with van der Waals surface area (Å²) < 4.78 is 5.06. The SMILES string of the molecule is O=C(C=Cc1ccco1)NCC(=O)N1CCNCC1. The molecular weight excluding hydrogens is 246 g/mol. The van der Waals surface area contributed by atoms with E-state index in [0.717, 1.165) is 13.1 Å². The third-order valence-corrected chi connectivity index (χ3v) is 2.83. The van der Waals surface area contributed by atoms with Gasteiger partial charge in [-0.25, -0.2) is 0 Å². The van der Waals surface area contributed by atoms with E-state index in [1.54, 1.807) is 23.1 Å². The van der Waals surface area contributed by atoms with Crippen LogP contribution in [0.2, 0.25) is 0 Å². The number of piperazine rings is 1. The molecule has 0 radical (unpaired) electrons. The highest BCUT2D eigenvalue weighted by atomic mass is 16.3. The second-order valence-electron chi connectivity index (χ2n) is 4.20. The zero-order valence-electron chi connectivity index (χ0n) is 10.6. The molecule has 0 aliphatic carbocycles. The number of carbonyl (C=O) groups excluding carboxylic acids is 2. The lowest BCUT2D eigenvalue weighted by Crippen LogP contribution is -2.49. The number of nitrogens with one attached hydrogen (secondary N) is 2. The quantitative estimate of drug-likeness (QED) is 0.740. The molecule has 0 bridgehead atoms. The Morgan fingerprint density at radius 2 is 2.21 bits per heavy atom. The summed E-state index contributed by atoms with van der Waals surface area (Å²) in [6.07, 6.45) is 4.44. The Kier molecular flexibility index (Phi) is 4.74. The fourth-order valence-corrected chi connectivity index (χ4v) is 1.79. The van der Waals surface area contributed by atoms with Crippen LogP contribution in [0.5, 0.6) is 0 Å². The van der Waals surface area contributed by atoms with E-state index in [1.807, 2.05) is 0 Å². The van der Waals surface area contributed by atoms with Crippen molar-refractivity contribution in [1.29, 1.82) is 0 Å². The van der Waals surface area contributed by atoms with Gasteiger partial charge in [0.15, 0.2) is 0 Å². The van der Waals surface area contributed by atoms with E-state index in [0.29, 0.717) is 18.8 Å². The number of furan rings is 1. The summed E-state index contributed by atoms with van der Waals surface area (Å²) in [5.74, 6) is 0.240. The molecule has 0 aromatic carbocycles. The van der Waals surface area contributed by atoms with Gasteiger partial charge in [-0.2, -0.15) is 0 Å². The molecule has 1 aliphatic heterocycles. The van der Waals surface area contributed by atoms with Crippen molar-refractivity contribution >= 4 is 17.9 Å². The predicted octanol–water partition coefficient (Wildman–Crippen LogP) is -0.159. The van der Waals surface area contributed by atoms with E-state index in [-0.39, 0.29) is 18.4 Å². The standard InChI is InChI=1S/C13H17N3O3/c17-12(4-3-11-2-1-9-19-11)15-10-13(18)16-7-5-14-6-8-16/h1-4,9,14H,5-8,10H2,(H,15,17). The molecule has 19 heavy (non-hydrogen) atoms. The van der Waals surface area contributed by atoms with Gasteiger partial charge in [0, 0.05) is 32.3 Å². The highest BCUT2D eigenvalue weighted by Crippen LogP contribution is 2.01. The van der Waals surface area contributed by atoms with Crippen molar-refractivity contribution in [2.75, 3.05) is 32.7 Å². The van der Waals surface area contributed by atoms with Gasteiger partial charge < -0.3 is 20.0 Å². The molecule has 1 saturated heterocycles. The lowest BCUT2D eigenvalue weighted by molar-refractivity contribution is -0.132. The molecule has 1 fully saturated rings. The summed E-state index contributed by atoms with van der Waals surface area (Å²) in [4.78, 5) is 25.0. The van der Waals surface area contributed by atoms with Gasteiger partial charge in [-0.1, -0.05) is 0 Å². The largest absolute Gasteiger partial charge is 0.465 e. The third kappa shape index (κ3) is 4.26. The number of rotatable bonds is 4. The summed E-state index contributed by atoms with van der Waals surface area (Å²) in [6.45, 7) is 3.02. The van der Waals surface area contributed by atoms with Gasteiger partial charge in [0.1, 0.15) is 5.76 Å². The first-order valence-electron chi connectivity index (χ1n) is 6.23. The van der Waals surface area contributed by atoms with Gasteiger partial charge in [0.25, 0.3) is 0 Å². The Morgan fingerprint density at radius 3 is 2.89 bits per heavy atom. The molecule has 1 aliphatic rings. The fourth-order valence-electron chi connectivity index (χ4n) is 1.79. The predicted molar refractivity (Wildman–Crippen MR) is 70.2 cm³/mol. The van der Waals surface area contributed by atoms with Crippen LogP contribution in [0.15, 0.2) is 28.9 Å². The maximum Gasteiger partial charge on any atom is 0.244 e. The Morgan fingerprint density at radius 1 is 1.42 bits per heavy atom. The van der Waals surface area contributed by atoms with Crippen LogP contribution in [0.1, 0.15) is 5.76 Å². The van der Waals surface area contributed by atoms with Crippen molar-refractivity contribution < 1.29 is 14.0 Å². The zero-order valence-corrected chi connectivity index (χ0v) is 10.6. The van der Waals surface area contributed by atoms with E-state index < -0.39 is 0 Å². The molecule has 102 valence electrons. The average Bonchev–Trinajstić information content (AvgIpc) is 2.96. The summed E-state index contributed by atoms with van der Waals surface area (Å²) >= 11 is 0. The molecule has 1 aromatic heterocycles. The number of hydrogen-bond donors (Lipinski definition) is 2. The fraction of sp³-hybridized carbons (Fsp3) is 0.385. The summed E-state index contributed by atoms with van der Waals surface area (Å²) in [5.41, 5.74) is 0. The van der Waals surface area contributed by atoms with Crippen LogP contribution in [0.25, 0.3) is 6.08 Å². The molecule has 2 N–H and O–H groups in total. The number of nitrogens with zero attached hydrogens (tertiary/aromatic N) is 1. The molecule has 2 amide bonds. The third-order valence-electron chi connectivity index (χ3n) is 2.83. The van der Waals surface area contributed by atoms with Crippen molar-refractivity contribution in [2.45, 2.75) is 0 Å². The van der Waals surface area contributed by atoms with Crippen LogP contribution in [-0.2, 0) is 9.59 Å². The molecule has 2 heterocycles. The Bertz CT molecular complexity index is 448. The van der Waals surface area contributed by atoms with Crippen LogP contribution < -0.4 is 10.6 Å². The van der Waals surface area contributed by atoms with Crippen molar-refractivity contribution in [1.82, 2.24) is 15.5 Å². The van der Waals surface area contributed by atoms with E-state index in [2.05, 4.69) is 10.6 Å². The lowest BCUT2D eigenvalue weighted by atomic mass is 10.3. The molecule has 6 heteroatoms. The van der Waals surface area contributed by atoms with Crippen molar-refractivity contribution in [2.24, 2.45) is 0 Å². The molecule has 6 nitrogen and oxygen atoms in total. The van der Waals surface area contributed by atoms with Crippen LogP contribution in [0.4, 0.5) is 0 Å². The highest BCUT2D eigenvalue weighted by Gasteiger charge is 2.15. The van der Waals surface area contributed by atoms with Crippen LogP contribution >= 0.6 is 0 Å². The molecule has 0 unspecified atom stereocenters. The summed E-state index contributed by atoms with van der Waals surface area (Å²) in [6, 6.07) is 3.49. The molecule has 0 atom stereocenters. The minimum atomic E-state index is -0.306. The molecular formula is C13H17N3O3. The molecule has 0 saturated carbocycles. The topological polar surface area (TPSA) is 74.6 Å². The second kappa shape index (κ2) is 6.75. The van der Waals surface area contributed by atoms with Crippen LogP contribution in [0.3, 0.4) is 0 Å². The Hall–Kier alpha value is -2.08. The van der Waals surface area contributed by atoms with E-state index in [4.69, 9.17) is 4.42 Å². The zero-order chi connectivity index (χ0) is 13.5. The highest BCUT2D eigenvalue weighted by molar-refractivity contribution is 5.94. The van der Waals surface area contributed by atoms with Gasteiger partial charge >= 0.3 is 0 Å². The Labute approximate surface area is 111 Å². The average molecular weight is 263 g/mol. The second-order valence-corrected chi connectivity index (χ2v) is 4.20. The first-order valence-corrected chi connectivity index (χ1v) is 6.23.